The van der Waals surface area contributed by atoms with Crippen molar-refractivity contribution in [1.29, 1.82) is 0 Å². The van der Waals surface area contributed by atoms with Crippen molar-refractivity contribution in [3.05, 3.63) is 23.7 Å². The van der Waals surface area contributed by atoms with Crippen molar-refractivity contribution >= 4 is 0 Å². The van der Waals surface area contributed by atoms with Gasteiger partial charge in [-0.3, -0.25) is 0 Å². The van der Waals surface area contributed by atoms with Crippen molar-refractivity contribution in [2.75, 3.05) is 20.6 Å². The van der Waals surface area contributed by atoms with Crippen LogP contribution in [0.25, 0.3) is 0 Å². The molecular weight excluding hydrogens is 422 g/mol. The third kappa shape index (κ3) is 3.90. The summed E-state index contributed by atoms with van der Waals surface area (Å²) in [5.74, 6) is -0.753. The van der Waals surface area contributed by atoms with Gasteiger partial charge in [-0.25, -0.2) is 0 Å². The Morgan fingerprint density at radius 1 is 1.03 bits per heavy atom. The van der Waals surface area contributed by atoms with Gasteiger partial charge in [-0.1, -0.05) is 0 Å². The largest absolute Gasteiger partial charge is 0.465 e. The monoisotopic (exact) mass is 457 g/mol. The quantitative estimate of drug-likeness (QED) is 0.252. The molecule has 2 aliphatic heterocycles. The number of furan rings is 1. The van der Waals surface area contributed by atoms with E-state index in [9.17, 15) is 20.4 Å². The zero-order valence-corrected chi connectivity index (χ0v) is 18.8. The number of rotatable bonds is 6. The van der Waals surface area contributed by atoms with Crippen LogP contribution in [0.5, 0.6) is 0 Å². The number of hydrogen-bond acceptors (Lipinski definition) is 11. The Balaban J connectivity index is 1.57. The van der Waals surface area contributed by atoms with Crippen LogP contribution in [0.15, 0.2) is 16.5 Å². The summed E-state index contributed by atoms with van der Waals surface area (Å²) < 4.78 is 23.4. The summed E-state index contributed by atoms with van der Waals surface area (Å²) in [5, 5.41) is 53.7. The molecule has 1 aromatic rings. The lowest BCUT2D eigenvalue weighted by Crippen LogP contribution is -2.81. The Morgan fingerprint density at radius 2 is 1.75 bits per heavy atom. The molecule has 0 amide bonds. The van der Waals surface area contributed by atoms with E-state index in [0.717, 1.165) is 5.76 Å². The number of aryl methyl sites for hydroxylation is 1. The molecule has 3 fully saturated rings. The highest BCUT2D eigenvalue weighted by molar-refractivity contribution is 5.13. The summed E-state index contributed by atoms with van der Waals surface area (Å²) in [6, 6.07) is 2.33. The minimum atomic E-state index is -2.23. The van der Waals surface area contributed by atoms with Gasteiger partial charge in [0.15, 0.2) is 0 Å². The number of aliphatic hydroxyl groups excluding tert-OH is 2. The molecule has 3 heterocycles. The Morgan fingerprint density at radius 3 is 2.38 bits per heavy atom. The number of aliphatic hydroxyl groups is 4. The molecule has 11 nitrogen and oxygen atoms in total. The van der Waals surface area contributed by atoms with Gasteiger partial charge in [0.05, 0.1) is 30.8 Å². The first kappa shape index (κ1) is 24.0. The van der Waals surface area contributed by atoms with E-state index < -0.39 is 60.3 Å². The Labute approximate surface area is 187 Å². The van der Waals surface area contributed by atoms with Gasteiger partial charge in [0, 0.05) is 13.0 Å². The van der Waals surface area contributed by atoms with Crippen LogP contribution in [0.3, 0.4) is 0 Å². The van der Waals surface area contributed by atoms with E-state index in [1.54, 1.807) is 21.0 Å². The Kier molecular flexibility index (Phi) is 6.69. The third-order valence-electron chi connectivity index (χ3n) is 6.86. The SMILES string of the molecule is CN[C@@H]1[C@H](O)[C@H](NC)C2O[C@]3(O)C(OC2[C@H]1O)O[C@H](C)C[C@@]3(O)CNCc1ccc(C)o1. The van der Waals surface area contributed by atoms with Gasteiger partial charge >= 0.3 is 0 Å². The summed E-state index contributed by atoms with van der Waals surface area (Å²) in [6.45, 7) is 3.93. The van der Waals surface area contributed by atoms with Gasteiger partial charge in [-0.2, -0.15) is 0 Å². The molecular formula is C21H35N3O8. The zero-order chi connectivity index (χ0) is 23.3. The molecule has 7 N–H and O–H groups in total. The van der Waals surface area contributed by atoms with Gasteiger partial charge in [-0.15, -0.1) is 0 Å². The van der Waals surface area contributed by atoms with Crippen molar-refractivity contribution in [3.8, 4) is 0 Å². The fourth-order valence-electron chi connectivity index (χ4n) is 5.20. The van der Waals surface area contributed by atoms with E-state index in [2.05, 4.69) is 16.0 Å². The summed E-state index contributed by atoms with van der Waals surface area (Å²) in [7, 11) is 3.28. The smallest absolute Gasteiger partial charge is 0.249 e. The fourth-order valence-corrected chi connectivity index (χ4v) is 5.20. The topological polar surface area (TPSA) is 158 Å². The average molecular weight is 458 g/mol. The highest BCUT2D eigenvalue weighted by atomic mass is 16.8. The van der Waals surface area contributed by atoms with Crippen LogP contribution >= 0.6 is 0 Å². The predicted molar refractivity (Wildman–Crippen MR) is 111 cm³/mol. The second-order valence-corrected chi connectivity index (χ2v) is 9.12. The van der Waals surface area contributed by atoms with Crippen molar-refractivity contribution in [3.63, 3.8) is 0 Å². The molecule has 1 aliphatic carbocycles. The number of likely N-dealkylation sites (N-methyl/N-ethyl adjacent to an activating group) is 2. The number of nitrogens with one attached hydrogen (secondary N) is 3. The average Bonchev–Trinajstić information content (AvgIpc) is 3.14. The van der Waals surface area contributed by atoms with Crippen LogP contribution < -0.4 is 16.0 Å². The maximum atomic E-state index is 11.6. The molecule has 2 saturated heterocycles. The van der Waals surface area contributed by atoms with Gasteiger partial charge in [0.1, 0.15) is 35.4 Å². The van der Waals surface area contributed by atoms with Crippen LogP contribution in [-0.2, 0) is 20.8 Å². The van der Waals surface area contributed by atoms with E-state index in [1.165, 1.54) is 0 Å². The summed E-state index contributed by atoms with van der Waals surface area (Å²) in [4.78, 5) is 0. The van der Waals surface area contributed by atoms with Crippen LogP contribution in [0.1, 0.15) is 24.9 Å². The third-order valence-corrected chi connectivity index (χ3v) is 6.86. The van der Waals surface area contributed by atoms with Gasteiger partial charge < -0.3 is 55.0 Å². The van der Waals surface area contributed by atoms with Crippen molar-refractivity contribution in [1.82, 2.24) is 16.0 Å². The van der Waals surface area contributed by atoms with Crippen LogP contribution in [0, 0.1) is 6.92 Å². The molecule has 0 aromatic carbocycles. The van der Waals surface area contributed by atoms with Gasteiger partial charge in [0.2, 0.25) is 12.1 Å². The van der Waals surface area contributed by atoms with Crippen molar-refractivity contribution < 1.29 is 39.1 Å². The lowest BCUT2D eigenvalue weighted by molar-refractivity contribution is -0.482. The fraction of sp³-hybridized carbons (Fsp3) is 0.810. The van der Waals surface area contributed by atoms with E-state index in [0.29, 0.717) is 12.3 Å². The number of ether oxygens (including phenoxy) is 3. The summed E-state index contributed by atoms with van der Waals surface area (Å²) in [5.41, 5.74) is -1.77. The molecule has 1 aromatic heterocycles. The molecule has 0 spiro atoms. The van der Waals surface area contributed by atoms with Crippen molar-refractivity contribution in [2.45, 2.75) is 87.1 Å². The molecule has 0 bridgehead atoms. The van der Waals surface area contributed by atoms with Gasteiger partial charge in [0.25, 0.3) is 0 Å². The Bertz CT molecular complexity index is 795. The molecule has 3 aliphatic rings. The molecule has 182 valence electrons. The second-order valence-electron chi connectivity index (χ2n) is 9.12. The second kappa shape index (κ2) is 8.91. The molecule has 10 atom stereocenters. The number of hydrogen-bond donors (Lipinski definition) is 7. The standard InChI is InChI=1S/C21H35N3O8/c1-10-5-6-12(29-10)8-24-9-20(27)7-11(2)30-19-21(20,28)32-17-14(23-4)15(25)13(22-3)16(26)18(17)31-19/h5-6,11,13-19,22-28H,7-9H2,1-4H3/t11-,13-,14+,15+,16+,17?,18?,19?,20-,21-/m1/s1. The van der Waals surface area contributed by atoms with Crippen molar-refractivity contribution in [2.24, 2.45) is 0 Å². The Hall–Kier alpha value is -1.12. The number of fused-ring (bicyclic) bond motifs is 2. The molecule has 4 rings (SSSR count). The molecule has 0 radical (unpaired) electrons. The lowest BCUT2D eigenvalue weighted by atomic mass is 9.77. The van der Waals surface area contributed by atoms with Crippen LogP contribution in [-0.4, -0.2) is 101 Å². The van der Waals surface area contributed by atoms with Crippen LogP contribution in [0.4, 0.5) is 0 Å². The highest BCUT2D eigenvalue weighted by Crippen LogP contribution is 2.46. The van der Waals surface area contributed by atoms with E-state index in [4.69, 9.17) is 18.6 Å². The van der Waals surface area contributed by atoms with E-state index in [1.807, 2.05) is 19.1 Å². The minimum Gasteiger partial charge on any atom is -0.465 e. The normalized spacial score (nSPS) is 46.5. The maximum Gasteiger partial charge on any atom is 0.249 e. The summed E-state index contributed by atoms with van der Waals surface area (Å²) in [6.07, 6.45) is -5.67. The van der Waals surface area contributed by atoms with Gasteiger partial charge in [-0.05, 0) is 40.1 Å². The van der Waals surface area contributed by atoms with E-state index >= 15 is 0 Å². The molecule has 3 unspecified atom stereocenters. The minimum absolute atomic E-state index is 0.0251. The first-order valence-electron chi connectivity index (χ1n) is 11.0. The molecule has 11 heteroatoms. The first-order valence-corrected chi connectivity index (χ1v) is 11.0. The highest BCUT2D eigenvalue weighted by Gasteiger charge is 2.68. The zero-order valence-electron chi connectivity index (χ0n) is 18.8. The molecule has 1 saturated carbocycles. The lowest BCUT2D eigenvalue weighted by Gasteiger charge is -2.60. The molecule has 32 heavy (non-hydrogen) atoms. The van der Waals surface area contributed by atoms with E-state index in [-0.39, 0.29) is 13.0 Å². The first-order chi connectivity index (χ1) is 15.1. The van der Waals surface area contributed by atoms with Crippen LogP contribution in [0.2, 0.25) is 0 Å². The maximum absolute atomic E-state index is 11.6. The summed E-state index contributed by atoms with van der Waals surface area (Å²) >= 11 is 0. The predicted octanol–water partition coefficient (Wildman–Crippen LogP) is -2.07.